The molecule has 0 saturated carbocycles. The number of carbonyl (C=O) groups excluding carboxylic acids is 1. The van der Waals surface area contributed by atoms with Crippen LogP contribution in [0.1, 0.15) is 35.5 Å². The Balaban J connectivity index is 1.94. The number of H-pyrrole nitrogens is 1. The number of aryl methyl sites for hydroxylation is 2. The highest BCUT2D eigenvalue weighted by Crippen LogP contribution is 2.11. The summed E-state index contributed by atoms with van der Waals surface area (Å²) in [5.74, 6) is 0.675. The molecule has 1 atom stereocenters. The maximum Gasteiger partial charge on any atom is 0.315 e. The van der Waals surface area contributed by atoms with E-state index in [1.807, 2.05) is 26.8 Å². The smallest absolute Gasteiger partial charge is 0.315 e. The highest BCUT2D eigenvalue weighted by atomic mass is 16.3. The molecule has 0 spiro atoms. The molecule has 1 unspecified atom stereocenters. The van der Waals surface area contributed by atoms with Crippen LogP contribution in [-0.2, 0) is 6.54 Å². The van der Waals surface area contributed by atoms with E-state index in [9.17, 15) is 9.59 Å². The van der Waals surface area contributed by atoms with Gasteiger partial charge in [0.05, 0.1) is 18.8 Å². The first-order valence-corrected chi connectivity index (χ1v) is 6.74. The summed E-state index contributed by atoms with van der Waals surface area (Å²) in [6, 6.07) is 4.85. The van der Waals surface area contributed by atoms with E-state index in [0.29, 0.717) is 11.3 Å². The molecule has 2 aromatic heterocycles. The predicted molar refractivity (Wildman–Crippen MR) is 79.0 cm³/mol. The minimum atomic E-state index is -0.349. The number of rotatable bonds is 4. The number of amides is 2. The standard InChI is InChI=1S/C15H19N3O3/c1-9-7-10(2)17-14(19)12(9)8-16-15(20)18-11(3)13-5-4-6-21-13/h4-7,11H,8H2,1-3H3,(H,17,19)(H2,16,18,20). The van der Waals surface area contributed by atoms with Gasteiger partial charge in [-0.1, -0.05) is 0 Å². The van der Waals surface area contributed by atoms with Crippen LogP contribution in [0.25, 0.3) is 0 Å². The third-order valence-electron chi connectivity index (χ3n) is 3.24. The van der Waals surface area contributed by atoms with Gasteiger partial charge < -0.3 is 20.0 Å². The van der Waals surface area contributed by atoms with Gasteiger partial charge in [-0.05, 0) is 44.5 Å². The molecule has 0 radical (unpaired) electrons. The topological polar surface area (TPSA) is 87.1 Å². The fraction of sp³-hybridized carbons (Fsp3) is 0.333. The fourth-order valence-electron chi connectivity index (χ4n) is 2.13. The van der Waals surface area contributed by atoms with Crippen LogP contribution in [-0.4, -0.2) is 11.0 Å². The van der Waals surface area contributed by atoms with E-state index >= 15 is 0 Å². The molecule has 2 amide bonds. The molecule has 0 bridgehead atoms. The van der Waals surface area contributed by atoms with Crippen molar-refractivity contribution in [3.8, 4) is 0 Å². The lowest BCUT2D eigenvalue weighted by atomic mass is 10.1. The second-order valence-corrected chi connectivity index (χ2v) is 5.01. The van der Waals surface area contributed by atoms with Gasteiger partial charge in [-0.15, -0.1) is 0 Å². The summed E-state index contributed by atoms with van der Waals surface area (Å²) < 4.78 is 5.21. The van der Waals surface area contributed by atoms with E-state index in [1.165, 1.54) is 0 Å². The van der Waals surface area contributed by atoms with Crippen molar-refractivity contribution >= 4 is 6.03 Å². The maximum atomic E-state index is 11.8. The lowest BCUT2D eigenvalue weighted by Gasteiger charge is -2.13. The van der Waals surface area contributed by atoms with Gasteiger partial charge in [-0.2, -0.15) is 0 Å². The van der Waals surface area contributed by atoms with Gasteiger partial charge in [0.25, 0.3) is 5.56 Å². The Labute approximate surface area is 122 Å². The van der Waals surface area contributed by atoms with Crippen LogP contribution in [0.5, 0.6) is 0 Å². The van der Waals surface area contributed by atoms with E-state index in [4.69, 9.17) is 4.42 Å². The van der Waals surface area contributed by atoms with E-state index in [0.717, 1.165) is 11.3 Å². The van der Waals surface area contributed by atoms with Crippen molar-refractivity contribution in [3.05, 3.63) is 57.4 Å². The second kappa shape index (κ2) is 6.30. The fourth-order valence-corrected chi connectivity index (χ4v) is 2.13. The Hall–Kier alpha value is -2.50. The van der Waals surface area contributed by atoms with Crippen molar-refractivity contribution in [1.29, 1.82) is 0 Å². The zero-order valence-corrected chi connectivity index (χ0v) is 12.3. The summed E-state index contributed by atoms with van der Waals surface area (Å²) in [5, 5.41) is 5.43. The van der Waals surface area contributed by atoms with Gasteiger partial charge in [-0.3, -0.25) is 4.79 Å². The minimum Gasteiger partial charge on any atom is -0.467 e. The van der Waals surface area contributed by atoms with Crippen molar-refractivity contribution in [3.63, 3.8) is 0 Å². The molecule has 0 aliphatic heterocycles. The largest absolute Gasteiger partial charge is 0.467 e. The third-order valence-corrected chi connectivity index (χ3v) is 3.24. The minimum absolute atomic E-state index is 0.174. The van der Waals surface area contributed by atoms with Crippen molar-refractivity contribution in [1.82, 2.24) is 15.6 Å². The SMILES string of the molecule is Cc1cc(C)c(CNC(=O)NC(C)c2ccco2)c(=O)[nH]1. The lowest BCUT2D eigenvalue weighted by molar-refractivity contribution is 0.235. The summed E-state index contributed by atoms with van der Waals surface area (Å²) in [6.45, 7) is 5.67. The molecule has 112 valence electrons. The van der Waals surface area contributed by atoms with Crippen molar-refractivity contribution in [2.45, 2.75) is 33.4 Å². The molecule has 6 nitrogen and oxygen atoms in total. The van der Waals surface area contributed by atoms with Gasteiger partial charge in [0.15, 0.2) is 0 Å². The van der Waals surface area contributed by atoms with Gasteiger partial charge in [0.2, 0.25) is 0 Å². The van der Waals surface area contributed by atoms with Crippen LogP contribution >= 0.6 is 0 Å². The summed E-state index contributed by atoms with van der Waals surface area (Å²) in [5.41, 5.74) is 2.04. The molecule has 2 rings (SSSR count). The van der Waals surface area contributed by atoms with Crippen LogP contribution < -0.4 is 16.2 Å². The summed E-state index contributed by atoms with van der Waals surface area (Å²) in [7, 11) is 0. The van der Waals surface area contributed by atoms with E-state index < -0.39 is 0 Å². The van der Waals surface area contributed by atoms with E-state index in [2.05, 4.69) is 15.6 Å². The first kappa shape index (κ1) is 14.9. The molecule has 2 aromatic rings. The van der Waals surface area contributed by atoms with Crippen LogP contribution in [0.15, 0.2) is 33.7 Å². The molecule has 6 heteroatoms. The molecule has 3 N–H and O–H groups in total. The van der Waals surface area contributed by atoms with Crippen LogP contribution in [0.2, 0.25) is 0 Å². The van der Waals surface area contributed by atoms with Crippen LogP contribution in [0, 0.1) is 13.8 Å². The number of nitrogens with one attached hydrogen (secondary N) is 3. The second-order valence-electron chi connectivity index (χ2n) is 5.01. The molecule has 0 fully saturated rings. The number of hydrogen-bond donors (Lipinski definition) is 3. The number of hydrogen-bond acceptors (Lipinski definition) is 3. The Morgan fingerprint density at radius 1 is 1.43 bits per heavy atom. The van der Waals surface area contributed by atoms with E-state index in [-0.39, 0.29) is 24.2 Å². The number of furan rings is 1. The van der Waals surface area contributed by atoms with Crippen LogP contribution in [0.3, 0.4) is 0 Å². The molecule has 0 saturated heterocycles. The van der Waals surface area contributed by atoms with Crippen molar-refractivity contribution in [2.24, 2.45) is 0 Å². The van der Waals surface area contributed by atoms with Gasteiger partial charge >= 0.3 is 6.03 Å². The molecule has 0 aromatic carbocycles. The molecular formula is C15H19N3O3. The average Bonchev–Trinajstić information content (AvgIpc) is 2.91. The zero-order chi connectivity index (χ0) is 15.4. The molecular weight excluding hydrogens is 270 g/mol. The van der Waals surface area contributed by atoms with Gasteiger partial charge in [0, 0.05) is 11.3 Å². The summed E-state index contributed by atoms with van der Waals surface area (Å²) >= 11 is 0. The van der Waals surface area contributed by atoms with Crippen molar-refractivity contribution in [2.75, 3.05) is 0 Å². The highest BCUT2D eigenvalue weighted by Gasteiger charge is 2.12. The van der Waals surface area contributed by atoms with Gasteiger partial charge in [0.1, 0.15) is 5.76 Å². The summed E-state index contributed by atoms with van der Waals surface area (Å²) in [4.78, 5) is 26.4. The zero-order valence-electron chi connectivity index (χ0n) is 12.3. The van der Waals surface area contributed by atoms with Crippen LogP contribution in [0.4, 0.5) is 4.79 Å². The number of carbonyl (C=O) groups is 1. The molecule has 21 heavy (non-hydrogen) atoms. The number of aromatic amines is 1. The Bertz CT molecular complexity index is 674. The molecule has 0 aliphatic carbocycles. The van der Waals surface area contributed by atoms with Crippen molar-refractivity contribution < 1.29 is 9.21 Å². The quantitative estimate of drug-likeness (QED) is 0.806. The van der Waals surface area contributed by atoms with Gasteiger partial charge in [-0.25, -0.2) is 4.79 Å². The Morgan fingerprint density at radius 3 is 2.81 bits per heavy atom. The number of aromatic nitrogens is 1. The number of urea groups is 1. The first-order valence-electron chi connectivity index (χ1n) is 6.74. The Morgan fingerprint density at radius 2 is 2.19 bits per heavy atom. The molecule has 2 heterocycles. The van der Waals surface area contributed by atoms with E-state index in [1.54, 1.807) is 18.4 Å². The first-order chi connectivity index (χ1) is 9.97. The highest BCUT2D eigenvalue weighted by molar-refractivity contribution is 5.74. The molecule has 0 aliphatic rings. The predicted octanol–water partition coefficient (Wildman–Crippen LogP) is 2.15. The Kier molecular flexibility index (Phi) is 4.47. The normalized spacial score (nSPS) is 12.0. The summed E-state index contributed by atoms with van der Waals surface area (Å²) in [6.07, 6.45) is 1.56. The monoisotopic (exact) mass is 289 g/mol. The number of pyridine rings is 1. The maximum absolute atomic E-state index is 11.8. The lowest BCUT2D eigenvalue weighted by Crippen LogP contribution is -2.37. The third kappa shape index (κ3) is 3.75. The average molecular weight is 289 g/mol.